The number of aromatic nitrogens is 4. The molecule has 1 aliphatic heterocycles. The monoisotopic (exact) mass is 413 g/mol. The minimum Gasteiger partial charge on any atom is -0.394 e. The van der Waals surface area contributed by atoms with Crippen molar-refractivity contribution in [2.24, 2.45) is 0 Å². The summed E-state index contributed by atoms with van der Waals surface area (Å²) in [5.74, 6) is -0.134. The van der Waals surface area contributed by atoms with Gasteiger partial charge in [-0.05, 0) is 39.8 Å². The summed E-state index contributed by atoms with van der Waals surface area (Å²) in [7, 11) is 0. The molecule has 3 aromatic rings. The summed E-state index contributed by atoms with van der Waals surface area (Å²) in [4.78, 5) is 15.0. The average Bonchev–Trinajstić information content (AvgIpc) is 3.27. The van der Waals surface area contributed by atoms with Crippen LogP contribution in [-0.2, 0) is 11.3 Å². The van der Waals surface area contributed by atoms with E-state index in [9.17, 15) is 9.90 Å². The quantitative estimate of drug-likeness (QED) is 0.687. The lowest BCUT2D eigenvalue weighted by Crippen LogP contribution is -2.49. The molecule has 0 unspecified atom stereocenters. The highest BCUT2D eigenvalue weighted by molar-refractivity contribution is 6.31. The van der Waals surface area contributed by atoms with Crippen LogP contribution < -0.4 is 0 Å². The molecule has 9 heteroatoms. The van der Waals surface area contributed by atoms with Gasteiger partial charge >= 0.3 is 0 Å². The maximum Gasteiger partial charge on any atom is 0.254 e. The van der Waals surface area contributed by atoms with Crippen molar-refractivity contribution >= 4 is 17.5 Å². The largest absolute Gasteiger partial charge is 0.394 e. The van der Waals surface area contributed by atoms with Crippen molar-refractivity contribution in [2.45, 2.75) is 18.7 Å². The van der Waals surface area contributed by atoms with Crippen LogP contribution in [0.5, 0.6) is 0 Å². The van der Waals surface area contributed by atoms with E-state index in [0.717, 1.165) is 11.1 Å². The van der Waals surface area contributed by atoms with Crippen molar-refractivity contribution in [1.29, 1.82) is 0 Å². The number of aliphatic hydroxyl groups is 1. The number of hydrogen-bond acceptors (Lipinski definition) is 6. The van der Waals surface area contributed by atoms with Crippen LogP contribution in [0.1, 0.15) is 27.5 Å². The van der Waals surface area contributed by atoms with E-state index in [-0.39, 0.29) is 12.5 Å². The van der Waals surface area contributed by atoms with E-state index in [1.807, 2.05) is 30.3 Å². The number of aliphatic hydroxyl groups excluding tert-OH is 1. The second-order valence-electron chi connectivity index (χ2n) is 6.76. The van der Waals surface area contributed by atoms with Gasteiger partial charge in [0, 0.05) is 17.1 Å². The highest BCUT2D eigenvalue weighted by atomic mass is 35.5. The SMILES string of the molecule is O=C(c1ccc(Cn2cnnn2)cc1)N1CCO[C@@H](CO)[C@@H]1c1ccccc1Cl. The smallest absolute Gasteiger partial charge is 0.254 e. The third-order valence-electron chi connectivity index (χ3n) is 4.95. The molecule has 150 valence electrons. The van der Waals surface area contributed by atoms with Gasteiger partial charge in [0.2, 0.25) is 0 Å². The Hall–Kier alpha value is -2.81. The lowest BCUT2D eigenvalue weighted by Gasteiger charge is -2.41. The maximum atomic E-state index is 13.3. The first-order valence-electron chi connectivity index (χ1n) is 9.25. The number of hydrogen-bond donors (Lipinski definition) is 1. The van der Waals surface area contributed by atoms with Gasteiger partial charge in [0.05, 0.1) is 25.8 Å². The first-order valence-corrected chi connectivity index (χ1v) is 9.62. The molecule has 0 saturated carbocycles. The number of amides is 1. The minimum atomic E-state index is -0.535. The number of nitrogens with zero attached hydrogens (tertiary/aromatic N) is 5. The second kappa shape index (κ2) is 8.69. The molecular formula is C20H20ClN5O3. The fraction of sp³-hybridized carbons (Fsp3) is 0.300. The van der Waals surface area contributed by atoms with E-state index in [4.69, 9.17) is 16.3 Å². The van der Waals surface area contributed by atoms with Crippen LogP contribution in [-0.4, -0.2) is 62.0 Å². The van der Waals surface area contributed by atoms with Crippen molar-refractivity contribution in [3.8, 4) is 0 Å². The number of tetrazole rings is 1. The summed E-state index contributed by atoms with van der Waals surface area (Å²) in [5.41, 5.74) is 2.30. The molecule has 0 spiro atoms. The Kier molecular flexibility index (Phi) is 5.84. The van der Waals surface area contributed by atoms with Gasteiger partial charge in [-0.25, -0.2) is 4.68 Å². The summed E-state index contributed by atoms with van der Waals surface area (Å²) in [6.07, 6.45) is 1.00. The van der Waals surface area contributed by atoms with E-state index < -0.39 is 12.1 Å². The first kappa shape index (κ1) is 19.5. The Balaban J connectivity index is 1.59. The zero-order valence-corrected chi connectivity index (χ0v) is 16.3. The molecule has 1 fully saturated rings. The Morgan fingerprint density at radius 1 is 1.21 bits per heavy atom. The highest BCUT2D eigenvalue weighted by Gasteiger charge is 2.37. The van der Waals surface area contributed by atoms with E-state index in [2.05, 4.69) is 15.5 Å². The third-order valence-corrected chi connectivity index (χ3v) is 5.30. The molecule has 2 atom stereocenters. The van der Waals surface area contributed by atoms with Gasteiger partial charge in [-0.3, -0.25) is 4.79 Å². The number of ether oxygens (including phenoxy) is 1. The molecule has 1 amide bonds. The Morgan fingerprint density at radius 3 is 2.69 bits per heavy atom. The molecule has 0 aliphatic carbocycles. The summed E-state index contributed by atoms with van der Waals surface area (Å²) in [6, 6.07) is 14.2. The molecule has 1 saturated heterocycles. The summed E-state index contributed by atoms with van der Waals surface area (Å²) in [6.45, 7) is 1.09. The highest BCUT2D eigenvalue weighted by Crippen LogP contribution is 2.34. The maximum absolute atomic E-state index is 13.3. The first-order chi connectivity index (χ1) is 14.2. The van der Waals surface area contributed by atoms with Gasteiger partial charge in [-0.15, -0.1) is 5.10 Å². The van der Waals surface area contributed by atoms with Crippen LogP contribution in [0.25, 0.3) is 0 Å². The predicted octanol–water partition coefficient (Wildman–Crippen LogP) is 1.95. The van der Waals surface area contributed by atoms with E-state index in [1.54, 1.807) is 27.8 Å². The summed E-state index contributed by atoms with van der Waals surface area (Å²) in [5, 5.41) is 21.4. The molecule has 2 aromatic carbocycles. The molecule has 29 heavy (non-hydrogen) atoms. The summed E-state index contributed by atoms with van der Waals surface area (Å²) < 4.78 is 7.33. The molecule has 4 rings (SSSR count). The Bertz CT molecular complexity index is 965. The van der Waals surface area contributed by atoms with E-state index in [0.29, 0.717) is 30.3 Å². The van der Waals surface area contributed by atoms with Crippen molar-refractivity contribution in [2.75, 3.05) is 19.8 Å². The van der Waals surface area contributed by atoms with Gasteiger partial charge in [0.25, 0.3) is 5.91 Å². The number of benzene rings is 2. The predicted molar refractivity (Wildman–Crippen MR) is 105 cm³/mol. The standard InChI is InChI=1S/C20H20ClN5O3/c21-17-4-2-1-3-16(17)19-18(12-27)29-10-9-26(19)20(28)15-7-5-14(6-8-15)11-25-13-22-23-24-25/h1-8,13,18-19,27H,9-12H2/t18-,19-/m0/s1. The minimum absolute atomic E-state index is 0.134. The molecule has 1 aliphatic rings. The zero-order valence-electron chi connectivity index (χ0n) is 15.6. The van der Waals surface area contributed by atoms with Crippen LogP contribution in [0, 0.1) is 0 Å². The normalized spacial score (nSPS) is 19.3. The van der Waals surface area contributed by atoms with Gasteiger partial charge in [0.1, 0.15) is 12.4 Å². The lowest BCUT2D eigenvalue weighted by atomic mass is 9.97. The second-order valence-corrected chi connectivity index (χ2v) is 7.17. The summed E-state index contributed by atoms with van der Waals surface area (Å²) >= 11 is 6.39. The van der Waals surface area contributed by atoms with Crippen molar-refractivity contribution in [1.82, 2.24) is 25.1 Å². The van der Waals surface area contributed by atoms with Crippen molar-refractivity contribution in [3.05, 3.63) is 76.6 Å². The molecule has 0 radical (unpaired) electrons. The lowest BCUT2D eigenvalue weighted by molar-refractivity contribution is -0.0811. The van der Waals surface area contributed by atoms with E-state index in [1.165, 1.54) is 6.33 Å². The third kappa shape index (κ3) is 4.14. The van der Waals surface area contributed by atoms with E-state index >= 15 is 0 Å². The zero-order chi connectivity index (χ0) is 20.2. The molecule has 1 N–H and O–H groups in total. The van der Waals surface area contributed by atoms with Gasteiger partial charge < -0.3 is 14.7 Å². The van der Waals surface area contributed by atoms with Crippen molar-refractivity contribution < 1.29 is 14.6 Å². The number of halogens is 1. The topological polar surface area (TPSA) is 93.4 Å². The molecule has 0 bridgehead atoms. The molecule has 8 nitrogen and oxygen atoms in total. The number of carbonyl (C=O) groups excluding carboxylic acids is 1. The van der Waals surface area contributed by atoms with Crippen LogP contribution in [0.4, 0.5) is 0 Å². The molecular weight excluding hydrogens is 394 g/mol. The molecule has 1 aromatic heterocycles. The van der Waals surface area contributed by atoms with Crippen LogP contribution in [0.15, 0.2) is 54.9 Å². The van der Waals surface area contributed by atoms with Crippen LogP contribution in [0.3, 0.4) is 0 Å². The number of carbonyl (C=O) groups is 1. The average molecular weight is 414 g/mol. The number of rotatable bonds is 5. The number of morpholine rings is 1. The van der Waals surface area contributed by atoms with Crippen LogP contribution in [0.2, 0.25) is 5.02 Å². The molecule has 2 heterocycles. The Labute approximate surface area is 172 Å². The van der Waals surface area contributed by atoms with Gasteiger partial charge in [-0.2, -0.15) is 0 Å². The Morgan fingerprint density at radius 2 is 2.00 bits per heavy atom. The fourth-order valence-electron chi connectivity index (χ4n) is 3.56. The van der Waals surface area contributed by atoms with Gasteiger partial charge in [-0.1, -0.05) is 41.9 Å². The fourth-order valence-corrected chi connectivity index (χ4v) is 3.80. The van der Waals surface area contributed by atoms with Crippen LogP contribution >= 0.6 is 11.6 Å². The van der Waals surface area contributed by atoms with Crippen molar-refractivity contribution in [3.63, 3.8) is 0 Å². The van der Waals surface area contributed by atoms with Gasteiger partial charge in [0.15, 0.2) is 0 Å².